The van der Waals surface area contributed by atoms with Crippen LogP contribution in [0.1, 0.15) is 59.7 Å². The van der Waals surface area contributed by atoms with Crippen molar-refractivity contribution in [3.05, 3.63) is 233 Å². The molecule has 0 unspecified atom stereocenters. The maximum Gasteiger partial charge on any atom is 0.0737 e. The fourth-order valence-electron chi connectivity index (χ4n) is 7.59. The Hall–Kier alpha value is -5.42. The van der Waals surface area contributed by atoms with Gasteiger partial charge in [-0.2, -0.15) is 0 Å². The number of nitrogens with one attached hydrogen (secondary N) is 1. The van der Waals surface area contributed by atoms with Crippen molar-refractivity contribution in [3.63, 3.8) is 0 Å². The number of allylic oxidation sites excluding steroid dienone is 4. The van der Waals surface area contributed by atoms with Gasteiger partial charge in [-0.25, -0.2) is 9.98 Å². The van der Waals surface area contributed by atoms with Gasteiger partial charge in [0.25, 0.3) is 0 Å². The summed E-state index contributed by atoms with van der Waals surface area (Å²) in [7, 11) is 0. The molecule has 0 amide bonds. The molecular weight excluding hydrogens is 784 g/mol. The van der Waals surface area contributed by atoms with Gasteiger partial charge in [-0.1, -0.05) is 128 Å². The van der Waals surface area contributed by atoms with Gasteiger partial charge in [-0.3, -0.25) is 0 Å². The molecule has 6 aromatic rings. The van der Waals surface area contributed by atoms with Crippen molar-refractivity contribution in [1.82, 2.24) is 4.98 Å². The molecule has 7 heteroatoms. The third-order valence-corrected chi connectivity index (χ3v) is 11.4. The van der Waals surface area contributed by atoms with Crippen molar-refractivity contribution in [2.75, 3.05) is 0 Å². The number of halogens is 4. The predicted octanol–water partition coefficient (Wildman–Crippen LogP) is 12.6. The number of aromatic amines is 1. The normalized spacial score (nSPS) is 15.1. The summed E-state index contributed by atoms with van der Waals surface area (Å²) in [6.07, 6.45) is 8.42. The fraction of sp³-hybridized carbons (Fsp3) is 0.0800. The molecule has 4 heterocycles. The molecule has 1 aromatic heterocycles. The fourth-order valence-corrected chi connectivity index (χ4v) is 8.10. The summed E-state index contributed by atoms with van der Waals surface area (Å²) in [5, 5.41) is 4.46. The Kier molecular flexibility index (Phi) is 9.67. The summed E-state index contributed by atoms with van der Waals surface area (Å²) in [6.45, 7) is 6.73. The summed E-state index contributed by atoms with van der Waals surface area (Å²) in [5.41, 5.74) is 14.2. The van der Waals surface area contributed by atoms with Crippen molar-refractivity contribution in [2.24, 2.45) is 9.98 Å². The Morgan fingerprint density at radius 2 is 0.719 bits per heavy atom. The smallest absolute Gasteiger partial charge is 0.0737 e. The lowest BCUT2D eigenvalue weighted by atomic mass is 9.81. The molecule has 3 aliphatic heterocycles. The molecule has 0 fully saturated rings. The number of rotatable bonds is 4. The quantitative estimate of drug-likeness (QED) is 0.184. The van der Waals surface area contributed by atoms with Crippen molar-refractivity contribution in [2.45, 2.75) is 26.2 Å². The minimum Gasteiger partial charge on any atom is -0.354 e. The van der Waals surface area contributed by atoms with E-state index in [1.165, 1.54) is 5.56 Å². The van der Waals surface area contributed by atoms with Crippen LogP contribution in [0.3, 0.4) is 0 Å². The van der Waals surface area contributed by atoms with Gasteiger partial charge < -0.3 is 4.98 Å². The topological polar surface area (TPSA) is 40.5 Å². The zero-order chi connectivity index (χ0) is 39.4. The summed E-state index contributed by atoms with van der Waals surface area (Å²) < 4.78 is 0. The van der Waals surface area contributed by atoms with E-state index >= 15 is 0 Å². The van der Waals surface area contributed by atoms with Crippen LogP contribution in [0.5, 0.6) is 0 Å². The van der Waals surface area contributed by atoms with Gasteiger partial charge in [-0.05, 0) is 135 Å². The van der Waals surface area contributed by atoms with Crippen molar-refractivity contribution >= 4 is 80.1 Å². The average Bonchev–Trinajstić information content (AvgIpc) is 3.98. The minimum atomic E-state index is -0.189. The molecule has 57 heavy (non-hydrogen) atoms. The van der Waals surface area contributed by atoms with Crippen molar-refractivity contribution in [1.29, 1.82) is 0 Å². The summed E-state index contributed by atoms with van der Waals surface area (Å²) in [4.78, 5) is 14.7. The minimum absolute atomic E-state index is 0.189. The molecule has 0 saturated heterocycles. The van der Waals surface area contributed by atoms with E-state index in [1.807, 2.05) is 72.8 Å². The Balaban J connectivity index is 1.46. The monoisotopic (exact) mass is 817 g/mol. The van der Waals surface area contributed by atoms with Crippen LogP contribution in [0.25, 0.3) is 22.3 Å². The highest BCUT2D eigenvalue weighted by atomic mass is 35.5. The lowest BCUT2D eigenvalue weighted by Gasteiger charge is -2.24. The molecule has 1 N–H and O–H groups in total. The number of aromatic nitrogens is 1. The van der Waals surface area contributed by atoms with E-state index in [-0.39, 0.29) is 5.41 Å². The standard InChI is InChI=1S/C50H35Cl4N3/c1-50(2,3)35-27-33-26-34(28-35)47(30-6-14-37(52)15-7-30)41-21-23-43(56-41)49(32-10-18-39(54)19-11-32)45-25-24-44(57-45)48(31-8-16-38(53)17-9-31)42-22-20-40(55-42)46(33)29-4-12-36(51)13-5-29/h4-28,57H,1-3H3. The SMILES string of the molecule is CC(C)(C)c1cc2cc(c1)C(c1ccc(Cl)cc1)=C1C=CC(=N1)C(c1ccc(Cl)cc1)=c1ccc([nH]1)=C(c1ccc(Cl)cc1)C1=NC(=C2c2ccc(Cl)cc2)C=C1. The van der Waals surface area contributed by atoms with E-state index in [4.69, 9.17) is 56.4 Å². The van der Waals surface area contributed by atoms with Crippen LogP contribution >= 0.6 is 46.4 Å². The predicted molar refractivity (Wildman–Crippen MR) is 241 cm³/mol. The van der Waals surface area contributed by atoms with Crippen LogP contribution in [0.15, 0.2) is 173 Å². The Morgan fingerprint density at radius 3 is 1.05 bits per heavy atom. The number of fused-ring (bicyclic) bond motifs is 6. The number of benzene rings is 5. The third kappa shape index (κ3) is 7.33. The van der Waals surface area contributed by atoms with Gasteiger partial charge in [0.1, 0.15) is 0 Å². The van der Waals surface area contributed by atoms with Crippen molar-refractivity contribution in [3.8, 4) is 0 Å². The van der Waals surface area contributed by atoms with Crippen LogP contribution in [0.4, 0.5) is 0 Å². The Labute approximate surface area is 352 Å². The van der Waals surface area contributed by atoms with Gasteiger partial charge in [0.05, 0.1) is 22.8 Å². The molecule has 3 aliphatic rings. The highest BCUT2D eigenvalue weighted by Crippen LogP contribution is 2.40. The molecule has 9 rings (SSSR count). The lowest BCUT2D eigenvalue weighted by Crippen LogP contribution is -2.21. The third-order valence-electron chi connectivity index (χ3n) is 10.4. The summed E-state index contributed by atoms with van der Waals surface area (Å²) >= 11 is 25.8. The van der Waals surface area contributed by atoms with Crippen LogP contribution < -0.4 is 10.7 Å². The first-order valence-electron chi connectivity index (χ1n) is 18.6. The first-order valence-corrected chi connectivity index (χ1v) is 20.2. The molecule has 278 valence electrons. The van der Waals surface area contributed by atoms with E-state index in [0.717, 1.165) is 89.2 Å². The zero-order valence-electron chi connectivity index (χ0n) is 31.3. The largest absolute Gasteiger partial charge is 0.354 e. The highest BCUT2D eigenvalue weighted by Gasteiger charge is 2.25. The Bertz CT molecular complexity index is 2720. The van der Waals surface area contributed by atoms with Gasteiger partial charge in [0.2, 0.25) is 0 Å². The zero-order valence-corrected chi connectivity index (χ0v) is 34.4. The highest BCUT2D eigenvalue weighted by molar-refractivity contribution is 6.33. The van der Waals surface area contributed by atoms with E-state index in [0.29, 0.717) is 20.1 Å². The second-order valence-electron chi connectivity index (χ2n) is 15.3. The maximum atomic E-state index is 6.48. The van der Waals surface area contributed by atoms with Gasteiger partial charge in [0, 0.05) is 53.1 Å². The first-order chi connectivity index (χ1) is 27.5. The van der Waals surface area contributed by atoms with Crippen molar-refractivity contribution < 1.29 is 0 Å². The van der Waals surface area contributed by atoms with Gasteiger partial charge in [0.15, 0.2) is 0 Å². The molecule has 0 radical (unpaired) electrons. The molecule has 5 aromatic carbocycles. The van der Waals surface area contributed by atoms with Gasteiger partial charge >= 0.3 is 0 Å². The number of H-pyrrole nitrogens is 1. The maximum absolute atomic E-state index is 6.48. The van der Waals surface area contributed by atoms with E-state index < -0.39 is 0 Å². The molecule has 0 spiro atoms. The second-order valence-corrected chi connectivity index (χ2v) is 17.0. The van der Waals surface area contributed by atoms with Crippen LogP contribution in [-0.4, -0.2) is 16.4 Å². The van der Waals surface area contributed by atoms with Crippen LogP contribution in [0, 0.1) is 0 Å². The van der Waals surface area contributed by atoms with Crippen LogP contribution in [0.2, 0.25) is 20.1 Å². The van der Waals surface area contributed by atoms with E-state index in [1.54, 1.807) is 0 Å². The molecule has 0 atom stereocenters. The molecule has 8 bridgehead atoms. The lowest BCUT2D eigenvalue weighted by molar-refractivity contribution is 0.590. The molecule has 0 aliphatic carbocycles. The number of hydrogen-bond donors (Lipinski definition) is 1. The molecule has 3 nitrogen and oxygen atoms in total. The number of hydrogen-bond acceptors (Lipinski definition) is 2. The molecule has 0 saturated carbocycles. The summed E-state index contributed by atoms with van der Waals surface area (Å²) in [6, 6.07) is 42.9. The molecular formula is C50H35Cl4N3. The van der Waals surface area contributed by atoms with E-state index in [9.17, 15) is 0 Å². The average molecular weight is 820 g/mol. The Morgan fingerprint density at radius 1 is 0.386 bits per heavy atom. The van der Waals surface area contributed by atoms with E-state index in [2.05, 4.69) is 105 Å². The van der Waals surface area contributed by atoms with Gasteiger partial charge in [-0.15, -0.1) is 0 Å². The van der Waals surface area contributed by atoms with Crippen LogP contribution in [-0.2, 0) is 5.41 Å². The first kappa shape index (κ1) is 37.2. The number of aliphatic imine (C=N–C) groups is 2. The number of nitrogens with zero attached hydrogens (tertiary/aromatic N) is 2. The second kappa shape index (κ2) is 14.8. The summed E-state index contributed by atoms with van der Waals surface area (Å²) in [5.74, 6) is 0.